The van der Waals surface area contributed by atoms with E-state index in [9.17, 15) is 0 Å². The van der Waals surface area contributed by atoms with Crippen molar-refractivity contribution in [1.82, 2.24) is 0 Å². The van der Waals surface area contributed by atoms with Gasteiger partial charge in [0.25, 0.3) is 0 Å². The Morgan fingerprint density at radius 3 is 2.42 bits per heavy atom. The second kappa shape index (κ2) is 3.49. The number of nitrogens with two attached hydrogens (primary N) is 2. The molecule has 0 aliphatic carbocycles. The predicted molar refractivity (Wildman–Crippen MR) is 59.0 cm³/mol. The van der Waals surface area contributed by atoms with Crippen molar-refractivity contribution in [1.29, 1.82) is 0 Å². The quantitative estimate of drug-likeness (QED) is 0.370. The summed E-state index contributed by atoms with van der Waals surface area (Å²) in [5.74, 6) is 0. The molecule has 4 heteroatoms. The lowest BCUT2D eigenvalue weighted by Crippen LogP contribution is -1.99. The largest absolute Gasteiger partial charge is 0.398 e. The highest BCUT2D eigenvalue weighted by Crippen LogP contribution is 2.33. The van der Waals surface area contributed by atoms with Crippen LogP contribution in [0.25, 0.3) is 0 Å². The SMILES string of the molecule is CSc1cc(S)c(N)c(C)c1N. The Hall–Kier alpha value is -0.480. The van der Waals surface area contributed by atoms with Crippen LogP contribution in [0.15, 0.2) is 15.9 Å². The smallest absolute Gasteiger partial charge is 0.0503 e. The summed E-state index contributed by atoms with van der Waals surface area (Å²) in [6.45, 7) is 1.91. The average Bonchev–Trinajstić information content (AvgIpc) is 2.08. The molecule has 2 nitrogen and oxygen atoms in total. The fourth-order valence-electron chi connectivity index (χ4n) is 0.971. The van der Waals surface area contributed by atoms with Crippen LogP contribution in [-0.2, 0) is 0 Å². The Balaban J connectivity index is 3.39. The van der Waals surface area contributed by atoms with Gasteiger partial charge in [0.05, 0.1) is 11.4 Å². The lowest BCUT2D eigenvalue weighted by Gasteiger charge is -2.10. The highest BCUT2D eigenvalue weighted by Gasteiger charge is 2.07. The number of hydrogen-bond acceptors (Lipinski definition) is 4. The normalized spacial score (nSPS) is 10.2. The molecule has 1 aromatic carbocycles. The van der Waals surface area contributed by atoms with Gasteiger partial charge in [-0.3, -0.25) is 0 Å². The lowest BCUT2D eigenvalue weighted by molar-refractivity contribution is 1.29. The van der Waals surface area contributed by atoms with Crippen LogP contribution in [0.1, 0.15) is 5.56 Å². The zero-order valence-electron chi connectivity index (χ0n) is 7.09. The van der Waals surface area contributed by atoms with E-state index < -0.39 is 0 Å². The van der Waals surface area contributed by atoms with E-state index in [0.717, 1.165) is 21.0 Å². The highest BCUT2D eigenvalue weighted by molar-refractivity contribution is 7.98. The first-order valence-corrected chi connectivity index (χ1v) is 5.16. The van der Waals surface area contributed by atoms with E-state index in [-0.39, 0.29) is 0 Å². The number of thiol groups is 1. The van der Waals surface area contributed by atoms with Crippen LogP contribution in [0.5, 0.6) is 0 Å². The molecule has 0 atom stereocenters. The molecule has 66 valence electrons. The van der Waals surface area contributed by atoms with Crippen LogP contribution in [0.2, 0.25) is 0 Å². The third-order valence-electron chi connectivity index (χ3n) is 1.84. The van der Waals surface area contributed by atoms with E-state index in [1.807, 2.05) is 19.2 Å². The van der Waals surface area contributed by atoms with Crippen molar-refractivity contribution >= 4 is 35.8 Å². The zero-order valence-corrected chi connectivity index (χ0v) is 8.80. The molecule has 0 unspecified atom stereocenters. The first kappa shape index (κ1) is 9.61. The molecular formula is C8H12N2S2. The van der Waals surface area contributed by atoms with Gasteiger partial charge in [-0.2, -0.15) is 0 Å². The molecule has 0 aliphatic heterocycles. The Bertz CT molecular complexity index is 310. The molecule has 0 spiro atoms. The second-order valence-electron chi connectivity index (χ2n) is 2.55. The fourth-order valence-corrected chi connectivity index (χ4v) is 1.96. The second-order valence-corrected chi connectivity index (χ2v) is 3.88. The molecule has 0 fully saturated rings. The summed E-state index contributed by atoms with van der Waals surface area (Å²) >= 11 is 5.85. The van der Waals surface area contributed by atoms with Crippen LogP contribution >= 0.6 is 24.4 Å². The van der Waals surface area contributed by atoms with E-state index in [4.69, 9.17) is 11.5 Å². The van der Waals surface area contributed by atoms with E-state index in [1.54, 1.807) is 11.8 Å². The van der Waals surface area contributed by atoms with Gasteiger partial charge in [0.2, 0.25) is 0 Å². The van der Waals surface area contributed by atoms with E-state index in [2.05, 4.69) is 12.6 Å². The third-order valence-corrected chi connectivity index (χ3v) is 2.98. The van der Waals surface area contributed by atoms with Crippen LogP contribution in [0, 0.1) is 6.92 Å². The van der Waals surface area contributed by atoms with Gasteiger partial charge in [-0.05, 0) is 24.8 Å². The Kier molecular flexibility index (Phi) is 2.80. The number of nitrogen functional groups attached to an aromatic ring is 2. The lowest BCUT2D eigenvalue weighted by atomic mass is 10.1. The van der Waals surface area contributed by atoms with Crippen LogP contribution < -0.4 is 11.5 Å². The molecule has 0 heterocycles. The van der Waals surface area contributed by atoms with Crippen molar-refractivity contribution in [2.45, 2.75) is 16.7 Å². The first-order valence-electron chi connectivity index (χ1n) is 3.49. The summed E-state index contributed by atoms with van der Waals surface area (Å²) in [5, 5.41) is 0. The van der Waals surface area contributed by atoms with Gasteiger partial charge in [0.1, 0.15) is 0 Å². The first-order chi connectivity index (χ1) is 5.57. The predicted octanol–water partition coefficient (Wildman–Crippen LogP) is 2.17. The summed E-state index contributed by atoms with van der Waals surface area (Å²) < 4.78 is 0. The Morgan fingerprint density at radius 2 is 1.92 bits per heavy atom. The van der Waals surface area contributed by atoms with Gasteiger partial charge < -0.3 is 11.5 Å². The summed E-state index contributed by atoms with van der Waals surface area (Å²) in [7, 11) is 0. The molecule has 0 saturated carbocycles. The molecule has 0 aliphatic rings. The third kappa shape index (κ3) is 1.49. The summed E-state index contributed by atoms with van der Waals surface area (Å²) in [4.78, 5) is 1.83. The van der Waals surface area contributed by atoms with Crippen molar-refractivity contribution in [3.05, 3.63) is 11.6 Å². The maximum atomic E-state index is 5.83. The molecule has 0 bridgehead atoms. The standard InChI is InChI=1S/C8H12N2S2/c1-4-7(9)5(11)3-6(12-2)8(4)10/h3,11H,9-10H2,1-2H3. The number of anilines is 2. The maximum absolute atomic E-state index is 5.83. The minimum absolute atomic E-state index is 0.675. The summed E-state index contributed by atoms with van der Waals surface area (Å²) in [6, 6.07) is 1.89. The van der Waals surface area contributed by atoms with Gasteiger partial charge in [0, 0.05) is 9.79 Å². The van der Waals surface area contributed by atoms with E-state index in [1.165, 1.54) is 0 Å². The van der Waals surface area contributed by atoms with Gasteiger partial charge in [0.15, 0.2) is 0 Å². The number of rotatable bonds is 1. The molecule has 0 aromatic heterocycles. The number of thioether (sulfide) groups is 1. The van der Waals surface area contributed by atoms with Gasteiger partial charge >= 0.3 is 0 Å². The highest BCUT2D eigenvalue weighted by atomic mass is 32.2. The molecule has 1 rings (SSSR count). The molecule has 1 aromatic rings. The average molecular weight is 200 g/mol. The molecule has 0 amide bonds. The minimum Gasteiger partial charge on any atom is -0.398 e. The minimum atomic E-state index is 0.675. The van der Waals surface area contributed by atoms with Crippen molar-refractivity contribution in [3.8, 4) is 0 Å². The number of benzene rings is 1. The Labute approximate surface area is 82.1 Å². The van der Waals surface area contributed by atoms with Crippen molar-refractivity contribution in [2.24, 2.45) is 0 Å². The topological polar surface area (TPSA) is 52.0 Å². The molecular weight excluding hydrogens is 188 g/mol. The summed E-state index contributed by atoms with van der Waals surface area (Å²) in [6.07, 6.45) is 1.98. The van der Waals surface area contributed by atoms with Gasteiger partial charge in [-0.25, -0.2) is 0 Å². The molecule has 0 saturated heterocycles. The van der Waals surface area contributed by atoms with E-state index in [0.29, 0.717) is 5.69 Å². The summed E-state index contributed by atoms with van der Waals surface area (Å²) in [5.41, 5.74) is 13.9. The molecule has 12 heavy (non-hydrogen) atoms. The van der Waals surface area contributed by atoms with Crippen molar-refractivity contribution in [2.75, 3.05) is 17.7 Å². The fraction of sp³-hybridized carbons (Fsp3) is 0.250. The van der Waals surface area contributed by atoms with Crippen molar-refractivity contribution < 1.29 is 0 Å². The molecule has 0 radical (unpaired) electrons. The monoisotopic (exact) mass is 200 g/mol. The molecule has 4 N–H and O–H groups in total. The van der Waals surface area contributed by atoms with Crippen LogP contribution in [0.4, 0.5) is 11.4 Å². The van der Waals surface area contributed by atoms with Crippen molar-refractivity contribution in [3.63, 3.8) is 0 Å². The Morgan fingerprint density at radius 1 is 1.33 bits per heavy atom. The van der Waals surface area contributed by atoms with Crippen LogP contribution in [-0.4, -0.2) is 6.26 Å². The maximum Gasteiger partial charge on any atom is 0.0503 e. The van der Waals surface area contributed by atoms with Gasteiger partial charge in [-0.1, -0.05) is 0 Å². The zero-order chi connectivity index (χ0) is 9.30. The van der Waals surface area contributed by atoms with Gasteiger partial charge in [-0.15, -0.1) is 24.4 Å². The van der Waals surface area contributed by atoms with E-state index >= 15 is 0 Å². The number of hydrogen-bond donors (Lipinski definition) is 3. The van der Waals surface area contributed by atoms with Crippen LogP contribution in [0.3, 0.4) is 0 Å².